The minimum Gasteiger partial charge on any atom is -0.493 e. The van der Waals surface area contributed by atoms with Crippen LogP contribution < -0.4 is 9.47 Å². The van der Waals surface area contributed by atoms with Gasteiger partial charge < -0.3 is 24.0 Å². The zero-order valence-corrected chi connectivity index (χ0v) is 21.0. The fourth-order valence-corrected chi connectivity index (χ4v) is 3.77. The maximum atomic E-state index is 12.8. The Kier molecular flexibility index (Phi) is 9.14. The third-order valence-corrected chi connectivity index (χ3v) is 5.50. The van der Waals surface area contributed by atoms with Gasteiger partial charge in [0.2, 0.25) is 0 Å². The van der Waals surface area contributed by atoms with E-state index in [1.54, 1.807) is 28.0 Å². The number of nitrogens with zero attached hydrogens (tertiary/aromatic N) is 2. The number of piperidine rings is 1. The molecular formula is C25H38N2O6. The molecule has 0 spiro atoms. The SMILES string of the molecule is COc1cc(C(C)=O)ccc1OCC(=O)N1CCCC(CN(C(=O)OC(C)(C)C)C(C)C)C1. The number of carbonyl (C=O) groups excluding carboxylic acids is 3. The molecule has 0 aromatic heterocycles. The predicted molar refractivity (Wildman–Crippen MR) is 126 cm³/mol. The first-order valence-corrected chi connectivity index (χ1v) is 11.5. The van der Waals surface area contributed by atoms with Gasteiger partial charge >= 0.3 is 6.09 Å². The van der Waals surface area contributed by atoms with Gasteiger partial charge in [-0.3, -0.25) is 9.59 Å². The van der Waals surface area contributed by atoms with E-state index in [0.717, 1.165) is 12.8 Å². The second-order valence-electron chi connectivity index (χ2n) is 9.78. The van der Waals surface area contributed by atoms with Crippen molar-refractivity contribution in [3.63, 3.8) is 0 Å². The van der Waals surface area contributed by atoms with Crippen molar-refractivity contribution in [3.05, 3.63) is 23.8 Å². The minimum atomic E-state index is -0.556. The molecular weight excluding hydrogens is 424 g/mol. The van der Waals surface area contributed by atoms with E-state index in [4.69, 9.17) is 14.2 Å². The lowest BCUT2D eigenvalue weighted by Gasteiger charge is -2.37. The van der Waals surface area contributed by atoms with Crippen molar-refractivity contribution in [3.8, 4) is 11.5 Å². The van der Waals surface area contributed by atoms with Gasteiger partial charge in [0.15, 0.2) is 23.9 Å². The molecule has 0 aliphatic carbocycles. The molecule has 2 rings (SSSR count). The Morgan fingerprint density at radius 2 is 1.88 bits per heavy atom. The van der Waals surface area contributed by atoms with Crippen molar-refractivity contribution >= 4 is 17.8 Å². The summed E-state index contributed by atoms with van der Waals surface area (Å²) in [6.45, 7) is 12.6. The number of hydrogen-bond acceptors (Lipinski definition) is 6. The average molecular weight is 463 g/mol. The maximum absolute atomic E-state index is 12.8. The Hall–Kier alpha value is -2.77. The van der Waals surface area contributed by atoms with Crippen LogP contribution in [0.25, 0.3) is 0 Å². The lowest BCUT2D eigenvalue weighted by molar-refractivity contribution is -0.135. The lowest BCUT2D eigenvalue weighted by atomic mass is 9.97. The van der Waals surface area contributed by atoms with Crippen LogP contribution in [0.15, 0.2) is 18.2 Å². The first-order valence-electron chi connectivity index (χ1n) is 11.5. The minimum absolute atomic E-state index is 0.000277. The van der Waals surface area contributed by atoms with Crippen molar-refractivity contribution in [1.82, 2.24) is 9.80 Å². The normalized spacial score (nSPS) is 16.4. The van der Waals surface area contributed by atoms with Gasteiger partial charge in [0.25, 0.3) is 5.91 Å². The molecule has 1 aromatic rings. The highest BCUT2D eigenvalue weighted by molar-refractivity contribution is 5.94. The summed E-state index contributed by atoms with van der Waals surface area (Å²) < 4.78 is 16.6. The van der Waals surface area contributed by atoms with Gasteiger partial charge in [0.1, 0.15) is 5.60 Å². The molecule has 1 unspecified atom stereocenters. The number of Topliss-reactive ketones (excluding diaryl/α,β-unsaturated/α-hetero) is 1. The Morgan fingerprint density at radius 1 is 1.18 bits per heavy atom. The molecule has 1 aromatic carbocycles. The molecule has 0 saturated carbocycles. The maximum Gasteiger partial charge on any atom is 0.410 e. The third kappa shape index (κ3) is 7.94. The number of methoxy groups -OCH3 is 1. The summed E-state index contributed by atoms with van der Waals surface area (Å²) in [6, 6.07) is 4.90. The van der Waals surface area contributed by atoms with Gasteiger partial charge in [-0.2, -0.15) is 0 Å². The van der Waals surface area contributed by atoms with E-state index in [9.17, 15) is 14.4 Å². The lowest BCUT2D eigenvalue weighted by Crippen LogP contribution is -2.48. The summed E-state index contributed by atoms with van der Waals surface area (Å²) in [5, 5.41) is 0. The fourth-order valence-electron chi connectivity index (χ4n) is 3.77. The van der Waals surface area contributed by atoms with Gasteiger partial charge in [-0.05, 0) is 78.5 Å². The molecule has 1 saturated heterocycles. The monoisotopic (exact) mass is 462 g/mol. The van der Waals surface area contributed by atoms with E-state index < -0.39 is 5.60 Å². The van der Waals surface area contributed by atoms with Crippen molar-refractivity contribution in [2.45, 2.75) is 66.0 Å². The second-order valence-corrected chi connectivity index (χ2v) is 9.78. The number of ether oxygens (including phenoxy) is 3. The highest BCUT2D eigenvalue weighted by Gasteiger charge is 2.30. The van der Waals surface area contributed by atoms with Crippen LogP contribution in [-0.4, -0.2) is 72.6 Å². The van der Waals surface area contributed by atoms with E-state index in [2.05, 4.69) is 0 Å². The van der Waals surface area contributed by atoms with E-state index in [1.807, 2.05) is 34.6 Å². The number of amides is 2. The number of carbonyl (C=O) groups is 3. The first kappa shape index (κ1) is 26.5. The van der Waals surface area contributed by atoms with Crippen LogP contribution in [0.3, 0.4) is 0 Å². The molecule has 0 radical (unpaired) electrons. The molecule has 33 heavy (non-hydrogen) atoms. The Balaban J connectivity index is 1.97. The number of rotatable bonds is 8. The summed E-state index contributed by atoms with van der Waals surface area (Å²) in [5.41, 5.74) is -0.0381. The van der Waals surface area contributed by atoms with Crippen molar-refractivity contribution in [1.29, 1.82) is 0 Å². The summed E-state index contributed by atoms with van der Waals surface area (Å²) >= 11 is 0. The average Bonchev–Trinajstić information content (AvgIpc) is 2.74. The molecule has 2 amide bonds. The topological polar surface area (TPSA) is 85.4 Å². The molecule has 1 aliphatic rings. The van der Waals surface area contributed by atoms with Gasteiger partial charge in [-0.1, -0.05) is 0 Å². The standard InChI is InChI=1S/C25H38N2O6/c1-17(2)27(24(30)33-25(4,5)6)15-19-9-8-12-26(14-19)23(29)16-32-21-11-10-20(18(3)28)13-22(21)31-7/h10-11,13,17,19H,8-9,12,14-16H2,1-7H3. The van der Waals surface area contributed by atoms with Crippen LogP contribution in [0.5, 0.6) is 11.5 Å². The largest absolute Gasteiger partial charge is 0.493 e. The van der Waals surface area contributed by atoms with Crippen LogP contribution in [0.4, 0.5) is 4.79 Å². The van der Waals surface area contributed by atoms with Crippen molar-refractivity contribution in [2.75, 3.05) is 33.4 Å². The highest BCUT2D eigenvalue weighted by atomic mass is 16.6. The Bertz CT molecular complexity index is 846. The van der Waals surface area contributed by atoms with E-state index in [1.165, 1.54) is 14.0 Å². The number of hydrogen-bond donors (Lipinski definition) is 0. The van der Waals surface area contributed by atoms with Crippen molar-refractivity contribution in [2.24, 2.45) is 5.92 Å². The molecule has 1 atom stereocenters. The summed E-state index contributed by atoms with van der Waals surface area (Å²) in [5.74, 6) is 0.808. The van der Waals surface area contributed by atoms with Gasteiger partial charge in [0.05, 0.1) is 7.11 Å². The smallest absolute Gasteiger partial charge is 0.410 e. The summed E-state index contributed by atoms with van der Waals surface area (Å²) in [7, 11) is 1.49. The van der Waals surface area contributed by atoms with E-state index in [0.29, 0.717) is 36.7 Å². The Labute approximate surface area is 197 Å². The number of ketones is 1. The molecule has 0 N–H and O–H groups in total. The Morgan fingerprint density at radius 3 is 2.45 bits per heavy atom. The summed E-state index contributed by atoms with van der Waals surface area (Å²) in [6.07, 6.45) is 1.48. The highest BCUT2D eigenvalue weighted by Crippen LogP contribution is 2.28. The van der Waals surface area contributed by atoms with E-state index in [-0.39, 0.29) is 36.4 Å². The van der Waals surface area contributed by atoms with Crippen LogP contribution in [0.1, 0.15) is 64.7 Å². The van der Waals surface area contributed by atoms with Gasteiger partial charge in [-0.15, -0.1) is 0 Å². The molecule has 1 fully saturated rings. The van der Waals surface area contributed by atoms with Crippen LogP contribution in [-0.2, 0) is 9.53 Å². The molecule has 8 nitrogen and oxygen atoms in total. The van der Waals surface area contributed by atoms with Gasteiger partial charge in [0, 0.05) is 31.2 Å². The number of benzene rings is 1. The molecule has 0 bridgehead atoms. The van der Waals surface area contributed by atoms with Gasteiger partial charge in [-0.25, -0.2) is 4.79 Å². The molecule has 8 heteroatoms. The predicted octanol–water partition coefficient (Wildman–Crippen LogP) is 4.16. The second kappa shape index (κ2) is 11.4. The van der Waals surface area contributed by atoms with Crippen LogP contribution in [0, 0.1) is 5.92 Å². The molecule has 184 valence electrons. The number of likely N-dealkylation sites (tertiary alicyclic amines) is 1. The van der Waals surface area contributed by atoms with E-state index >= 15 is 0 Å². The summed E-state index contributed by atoms with van der Waals surface area (Å²) in [4.78, 5) is 40.6. The van der Waals surface area contributed by atoms with Crippen LogP contribution in [0.2, 0.25) is 0 Å². The zero-order valence-electron chi connectivity index (χ0n) is 21.0. The molecule has 1 aliphatic heterocycles. The third-order valence-electron chi connectivity index (χ3n) is 5.50. The van der Waals surface area contributed by atoms with Crippen LogP contribution >= 0.6 is 0 Å². The van der Waals surface area contributed by atoms with Crippen molar-refractivity contribution < 1.29 is 28.6 Å². The zero-order chi connectivity index (χ0) is 24.8. The fraction of sp³-hybridized carbons (Fsp3) is 0.640. The molecule has 1 heterocycles. The quantitative estimate of drug-likeness (QED) is 0.539. The first-order chi connectivity index (χ1) is 15.4.